The normalized spacial score (nSPS) is 10.7. The van der Waals surface area contributed by atoms with Gasteiger partial charge in [0.25, 0.3) is 0 Å². The molecule has 0 aliphatic rings. The molecular weight excluding hydrogens is 152 g/mol. The van der Waals surface area contributed by atoms with Crippen molar-refractivity contribution in [3.05, 3.63) is 34.7 Å². The second-order valence-corrected chi connectivity index (χ2v) is 3.60. The topological polar surface area (TPSA) is 0 Å². The molecule has 2 rings (SSSR count). The van der Waals surface area contributed by atoms with E-state index >= 15 is 0 Å². The van der Waals surface area contributed by atoms with Crippen LogP contribution in [0.4, 0.5) is 0 Å². The Balaban J connectivity index is 2.94. The van der Waals surface area contributed by atoms with Crippen LogP contribution in [0.2, 0.25) is 0 Å². The van der Waals surface area contributed by atoms with E-state index in [1.165, 1.54) is 21.2 Å². The zero-order valence-corrected chi connectivity index (χ0v) is 7.46. The van der Waals surface area contributed by atoms with Gasteiger partial charge in [0.15, 0.2) is 0 Å². The fraction of sp³-hybridized carbons (Fsp3) is 0.200. The molecule has 1 heteroatoms. The summed E-state index contributed by atoms with van der Waals surface area (Å²) >= 11 is 1.72. The number of benzene rings is 1. The van der Waals surface area contributed by atoms with Gasteiger partial charge < -0.3 is 0 Å². The average molecular weight is 161 g/mol. The molecule has 0 saturated carbocycles. The van der Waals surface area contributed by atoms with Crippen molar-refractivity contribution < 1.29 is 0 Å². The van der Waals surface area contributed by atoms with Crippen LogP contribution in [0.3, 0.4) is 0 Å². The number of aryl methyl sites for hydroxylation is 2. The Morgan fingerprint density at radius 1 is 1.27 bits per heavy atom. The first-order chi connectivity index (χ1) is 5.29. The van der Waals surface area contributed by atoms with Gasteiger partial charge in [-0.3, -0.25) is 0 Å². The van der Waals surface area contributed by atoms with E-state index in [0.717, 1.165) is 0 Å². The van der Waals surface area contributed by atoms with Gasteiger partial charge in [-0.2, -0.15) is 0 Å². The Bertz CT molecular complexity index is 385. The van der Waals surface area contributed by atoms with Gasteiger partial charge in [-0.25, -0.2) is 0 Å². The van der Waals surface area contributed by atoms with Crippen molar-refractivity contribution in [3.63, 3.8) is 0 Å². The molecule has 2 aromatic rings. The Morgan fingerprint density at radius 3 is 2.82 bits per heavy atom. The minimum absolute atomic E-state index is 1.27. The molecular formula is C10H9S. The quantitative estimate of drug-likeness (QED) is 0.556. The molecule has 0 fully saturated rings. The van der Waals surface area contributed by atoms with Crippen LogP contribution in [0.1, 0.15) is 11.1 Å². The van der Waals surface area contributed by atoms with Crippen molar-refractivity contribution in [3.8, 4) is 0 Å². The average Bonchev–Trinajstić information content (AvgIpc) is 2.35. The number of hydrogen-bond acceptors (Lipinski definition) is 1. The van der Waals surface area contributed by atoms with Crippen molar-refractivity contribution in [2.24, 2.45) is 0 Å². The summed E-state index contributed by atoms with van der Waals surface area (Å²) in [5.41, 5.74) is 2.63. The minimum atomic E-state index is 1.27. The van der Waals surface area contributed by atoms with E-state index < -0.39 is 0 Å². The van der Waals surface area contributed by atoms with Crippen LogP contribution >= 0.6 is 11.3 Å². The summed E-state index contributed by atoms with van der Waals surface area (Å²) in [6, 6.07) is 6.40. The predicted octanol–water partition coefficient (Wildman–Crippen LogP) is 3.32. The molecule has 0 amide bonds. The lowest BCUT2D eigenvalue weighted by Crippen LogP contribution is -1.71. The van der Waals surface area contributed by atoms with Crippen LogP contribution in [-0.4, -0.2) is 0 Å². The third-order valence-electron chi connectivity index (χ3n) is 1.92. The molecule has 0 bridgehead atoms. The van der Waals surface area contributed by atoms with Gasteiger partial charge >= 0.3 is 0 Å². The van der Waals surface area contributed by atoms with Crippen molar-refractivity contribution in [2.75, 3.05) is 0 Å². The summed E-state index contributed by atoms with van der Waals surface area (Å²) in [7, 11) is 0. The van der Waals surface area contributed by atoms with E-state index in [0.29, 0.717) is 0 Å². The summed E-state index contributed by atoms with van der Waals surface area (Å²) in [4.78, 5) is 0. The van der Waals surface area contributed by atoms with Gasteiger partial charge in [-0.15, -0.1) is 11.3 Å². The molecule has 55 valence electrons. The zero-order chi connectivity index (χ0) is 7.84. The first-order valence-electron chi connectivity index (χ1n) is 3.65. The summed E-state index contributed by atoms with van der Waals surface area (Å²) in [6.07, 6.45) is 0. The Hall–Kier alpha value is -0.820. The van der Waals surface area contributed by atoms with Crippen LogP contribution in [0.5, 0.6) is 0 Å². The first kappa shape index (κ1) is 6.86. The molecule has 0 N–H and O–H groups in total. The van der Waals surface area contributed by atoms with Gasteiger partial charge in [-0.05, 0) is 30.4 Å². The maximum atomic E-state index is 3.26. The zero-order valence-electron chi connectivity index (χ0n) is 6.64. The van der Waals surface area contributed by atoms with Gasteiger partial charge in [0.2, 0.25) is 0 Å². The lowest BCUT2D eigenvalue weighted by atomic mass is 10.1. The molecule has 0 aliphatic carbocycles. The number of rotatable bonds is 0. The smallest absolute Gasteiger partial charge is 0.0487 e. The summed E-state index contributed by atoms with van der Waals surface area (Å²) in [5.74, 6) is 0. The third-order valence-corrected chi connectivity index (χ3v) is 3.08. The first-order valence-corrected chi connectivity index (χ1v) is 4.47. The van der Waals surface area contributed by atoms with Gasteiger partial charge in [0.1, 0.15) is 0 Å². The molecule has 0 nitrogen and oxygen atoms in total. The SMILES string of the molecule is Cc1[c]sc2c(C)cccc12. The Kier molecular flexibility index (Phi) is 1.46. The minimum Gasteiger partial charge on any atom is -0.134 e. The maximum absolute atomic E-state index is 3.26. The van der Waals surface area contributed by atoms with Gasteiger partial charge in [-0.1, -0.05) is 18.2 Å². The molecule has 0 unspecified atom stereocenters. The van der Waals surface area contributed by atoms with Crippen molar-refractivity contribution >= 4 is 21.4 Å². The van der Waals surface area contributed by atoms with E-state index in [2.05, 4.69) is 37.4 Å². The van der Waals surface area contributed by atoms with Crippen molar-refractivity contribution in [2.45, 2.75) is 13.8 Å². The lowest BCUT2D eigenvalue weighted by Gasteiger charge is -1.93. The Labute approximate surface area is 70.5 Å². The third kappa shape index (κ3) is 0.962. The highest BCUT2D eigenvalue weighted by Gasteiger charge is 2.00. The molecule has 0 atom stereocenters. The number of thiophene rings is 1. The fourth-order valence-corrected chi connectivity index (χ4v) is 2.19. The molecule has 0 spiro atoms. The molecule has 0 aliphatic heterocycles. The van der Waals surface area contributed by atoms with Crippen LogP contribution in [0, 0.1) is 19.2 Å². The van der Waals surface area contributed by atoms with E-state index in [-0.39, 0.29) is 0 Å². The van der Waals surface area contributed by atoms with Crippen molar-refractivity contribution in [1.82, 2.24) is 0 Å². The second-order valence-electron chi connectivity index (χ2n) is 2.78. The van der Waals surface area contributed by atoms with Gasteiger partial charge in [0.05, 0.1) is 0 Å². The summed E-state index contributed by atoms with van der Waals surface area (Å²) in [5, 5.41) is 4.62. The van der Waals surface area contributed by atoms with Crippen molar-refractivity contribution in [1.29, 1.82) is 0 Å². The molecule has 0 saturated heterocycles. The van der Waals surface area contributed by atoms with E-state index in [1.54, 1.807) is 11.3 Å². The van der Waals surface area contributed by atoms with Crippen LogP contribution < -0.4 is 0 Å². The van der Waals surface area contributed by atoms with E-state index in [9.17, 15) is 0 Å². The molecule has 1 aromatic heterocycles. The maximum Gasteiger partial charge on any atom is 0.0487 e. The lowest BCUT2D eigenvalue weighted by molar-refractivity contribution is 1.54. The van der Waals surface area contributed by atoms with E-state index in [1.807, 2.05) is 0 Å². The molecule has 11 heavy (non-hydrogen) atoms. The summed E-state index contributed by atoms with van der Waals surface area (Å²) < 4.78 is 1.38. The Morgan fingerprint density at radius 2 is 2.09 bits per heavy atom. The van der Waals surface area contributed by atoms with Gasteiger partial charge in [0, 0.05) is 10.1 Å². The largest absolute Gasteiger partial charge is 0.134 e. The van der Waals surface area contributed by atoms with E-state index in [4.69, 9.17) is 0 Å². The molecule has 1 heterocycles. The number of fused-ring (bicyclic) bond motifs is 1. The monoisotopic (exact) mass is 161 g/mol. The standard InChI is InChI=1S/C10H9S/c1-7-4-3-5-9-8(2)6-11-10(7)9/h3-5H,1-2H3. The highest BCUT2D eigenvalue weighted by Crippen LogP contribution is 2.26. The highest BCUT2D eigenvalue weighted by atomic mass is 32.1. The second kappa shape index (κ2) is 2.35. The molecule has 1 aromatic carbocycles. The number of hydrogen-bond donors (Lipinski definition) is 0. The highest BCUT2D eigenvalue weighted by molar-refractivity contribution is 7.17. The van der Waals surface area contributed by atoms with Crippen LogP contribution in [-0.2, 0) is 0 Å². The molecule has 1 radical (unpaired) electrons. The van der Waals surface area contributed by atoms with Crippen LogP contribution in [0.15, 0.2) is 18.2 Å². The van der Waals surface area contributed by atoms with Crippen LogP contribution in [0.25, 0.3) is 10.1 Å². The predicted molar refractivity (Wildman–Crippen MR) is 50.1 cm³/mol. The fourth-order valence-electron chi connectivity index (χ4n) is 1.27. The summed E-state index contributed by atoms with van der Waals surface area (Å²) in [6.45, 7) is 4.25.